The van der Waals surface area contributed by atoms with E-state index in [1.54, 1.807) is 6.08 Å². The fourth-order valence-electron chi connectivity index (χ4n) is 0.967. The van der Waals surface area contributed by atoms with Crippen molar-refractivity contribution >= 4 is 6.09 Å². The van der Waals surface area contributed by atoms with Crippen LogP contribution in [0.1, 0.15) is 12.8 Å². The highest BCUT2D eigenvalue weighted by Crippen LogP contribution is 2.32. The molecule has 1 amide bonds. The topological polar surface area (TPSA) is 49.3 Å². The van der Waals surface area contributed by atoms with E-state index in [1.807, 2.05) is 0 Å². The van der Waals surface area contributed by atoms with Crippen molar-refractivity contribution in [2.45, 2.75) is 18.9 Å². The molecule has 1 aliphatic carbocycles. The Balaban J connectivity index is 2.32. The van der Waals surface area contributed by atoms with Gasteiger partial charge in [-0.1, -0.05) is 6.08 Å². The number of hydrogen-bond donors (Lipinski definition) is 2. The van der Waals surface area contributed by atoms with Crippen molar-refractivity contribution in [1.29, 1.82) is 0 Å². The maximum Gasteiger partial charge on any atom is 0.405 e. The Kier molecular flexibility index (Phi) is 1.94. The number of nitrogens with one attached hydrogen (secondary N) is 1. The highest BCUT2D eigenvalue weighted by molar-refractivity contribution is 5.65. The molecule has 56 valence electrons. The second kappa shape index (κ2) is 2.73. The van der Waals surface area contributed by atoms with Crippen LogP contribution in [0.15, 0.2) is 12.7 Å². The third kappa shape index (κ3) is 1.76. The third-order valence-electron chi connectivity index (χ3n) is 1.67. The molecule has 3 heteroatoms. The van der Waals surface area contributed by atoms with E-state index >= 15 is 0 Å². The average molecular weight is 141 g/mol. The van der Waals surface area contributed by atoms with Gasteiger partial charge < -0.3 is 10.4 Å². The Morgan fingerprint density at radius 1 is 1.80 bits per heavy atom. The normalized spacial score (nSPS) is 19.6. The summed E-state index contributed by atoms with van der Waals surface area (Å²) in [6.07, 6.45) is 2.94. The summed E-state index contributed by atoms with van der Waals surface area (Å²) in [4.78, 5) is 10.1. The second-order valence-corrected chi connectivity index (χ2v) is 2.55. The summed E-state index contributed by atoms with van der Waals surface area (Å²) in [5.41, 5.74) is 0. The minimum atomic E-state index is -0.961. The Morgan fingerprint density at radius 3 is 2.70 bits per heavy atom. The SMILES string of the molecule is C=CC(NC(=O)O)C1CC1. The molecule has 2 N–H and O–H groups in total. The van der Waals surface area contributed by atoms with Crippen molar-refractivity contribution in [2.75, 3.05) is 0 Å². The number of hydrogen-bond acceptors (Lipinski definition) is 1. The van der Waals surface area contributed by atoms with Gasteiger partial charge in [-0.05, 0) is 18.8 Å². The first-order valence-corrected chi connectivity index (χ1v) is 3.36. The van der Waals surface area contributed by atoms with Gasteiger partial charge in [0.15, 0.2) is 0 Å². The smallest absolute Gasteiger partial charge is 0.405 e. The molecule has 0 aromatic rings. The van der Waals surface area contributed by atoms with Crippen LogP contribution in [0.5, 0.6) is 0 Å². The summed E-state index contributed by atoms with van der Waals surface area (Å²) >= 11 is 0. The van der Waals surface area contributed by atoms with Crippen molar-refractivity contribution in [3.8, 4) is 0 Å². The van der Waals surface area contributed by atoms with Crippen LogP contribution in [0.3, 0.4) is 0 Å². The molecule has 1 aliphatic rings. The van der Waals surface area contributed by atoms with Gasteiger partial charge in [0.1, 0.15) is 0 Å². The van der Waals surface area contributed by atoms with Crippen LogP contribution in [0, 0.1) is 5.92 Å². The second-order valence-electron chi connectivity index (χ2n) is 2.55. The summed E-state index contributed by atoms with van der Waals surface area (Å²) < 4.78 is 0. The quantitative estimate of drug-likeness (QED) is 0.580. The number of amides is 1. The van der Waals surface area contributed by atoms with E-state index in [0.29, 0.717) is 5.92 Å². The summed E-state index contributed by atoms with van der Waals surface area (Å²) in [5, 5.41) is 10.7. The predicted octanol–water partition coefficient (Wildman–Crippen LogP) is 1.22. The lowest BCUT2D eigenvalue weighted by atomic mass is 10.2. The molecule has 3 nitrogen and oxygen atoms in total. The van der Waals surface area contributed by atoms with Crippen LogP contribution in [-0.4, -0.2) is 17.2 Å². The van der Waals surface area contributed by atoms with Gasteiger partial charge in [-0.25, -0.2) is 4.79 Å². The maximum absolute atomic E-state index is 10.1. The molecular weight excluding hydrogens is 130 g/mol. The number of rotatable bonds is 3. The van der Waals surface area contributed by atoms with E-state index in [9.17, 15) is 4.79 Å². The molecule has 0 aliphatic heterocycles. The first-order chi connectivity index (χ1) is 4.74. The van der Waals surface area contributed by atoms with Crippen LogP contribution in [0.25, 0.3) is 0 Å². The molecule has 0 heterocycles. The predicted molar refractivity (Wildman–Crippen MR) is 37.9 cm³/mol. The molecule has 1 saturated carbocycles. The van der Waals surface area contributed by atoms with Crippen molar-refractivity contribution in [1.82, 2.24) is 5.32 Å². The van der Waals surface area contributed by atoms with E-state index in [2.05, 4.69) is 11.9 Å². The number of carbonyl (C=O) groups is 1. The largest absolute Gasteiger partial charge is 0.465 e. The molecule has 0 bridgehead atoms. The Bertz CT molecular complexity index is 152. The molecule has 1 atom stereocenters. The first kappa shape index (κ1) is 7.12. The van der Waals surface area contributed by atoms with Crippen molar-refractivity contribution in [3.05, 3.63) is 12.7 Å². The third-order valence-corrected chi connectivity index (χ3v) is 1.67. The molecule has 1 rings (SSSR count). The monoisotopic (exact) mass is 141 g/mol. The summed E-state index contributed by atoms with van der Waals surface area (Å²) in [6, 6.07) is -0.0301. The van der Waals surface area contributed by atoms with Gasteiger partial charge in [0.2, 0.25) is 0 Å². The fourth-order valence-corrected chi connectivity index (χ4v) is 0.967. The molecule has 0 radical (unpaired) electrons. The van der Waals surface area contributed by atoms with E-state index in [1.165, 1.54) is 0 Å². The Hall–Kier alpha value is -0.990. The molecule has 0 saturated heterocycles. The molecule has 0 aromatic heterocycles. The van der Waals surface area contributed by atoms with Crippen molar-refractivity contribution in [3.63, 3.8) is 0 Å². The minimum Gasteiger partial charge on any atom is -0.465 e. The van der Waals surface area contributed by atoms with Gasteiger partial charge in [0.25, 0.3) is 0 Å². The minimum absolute atomic E-state index is 0.0301. The van der Waals surface area contributed by atoms with Crippen molar-refractivity contribution < 1.29 is 9.90 Å². The van der Waals surface area contributed by atoms with Gasteiger partial charge in [-0.3, -0.25) is 0 Å². The van der Waals surface area contributed by atoms with Gasteiger partial charge in [-0.15, -0.1) is 6.58 Å². The highest BCUT2D eigenvalue weighted by atomic mass is 16.4. The summed E-state index contributed by atoms with van der Waals surface area (Å²) in [5.74, 6) is 0.508. The highest BCUT2D eigenvalue weighted by Gasteiger charge is 2.29. The van der Waals surface area contributed by atoms with Gasteiger partial charge >= 0.3 is 6.09 Å². The van der Waals surface area contributed by atoms with Crippen LogP contribution in [0.2, 0.25) is 0 Å². The van der Waals surface area contributed by atoms with Crippen LogP contribution >= 0.6 is 0 Å². The van der Waals surface area contributed by atoms with Crippen LogP contribution in [-0.2, 0) is 0 Å². The maximum atomic E-state index is 10.1. The zero-order valence-electron chi connectivity index (χ0n) is 5.71. The number of carboxylic acid groups (broad SMARTS) is 1. The van der Waals surface area contributed by atoms with E-state index in [-0.39, 0.29) is 6.04 Å². The van der Waals surface area contributed by atoms with E-state index in [4.69, 9.17) is 5.11 Å². The average Bonchev–Trinajstić information content (AvgIpc) is 2.63. The first-order valence-electron chi connectivity index (χ1n) is 3.36. The molecule has 1 unspecified atom stereocenters. The standard InChI is InChI=1S/C7H11NO2/c1-2-6(5-3-4-5)8-7(9)10/h2,5-6,8H,1,3-4H2,(H,9,10). The van der Waals surface area contributed by atoms with Crippen LogP contribution < -0.4 is 5.32 Å². The molecule has 10 heavy (non-hydrogen) atoms. The van der Waals surface area contributed by atoms with E-state index < -0.39 is 6.09 Å². The van der Waals surface area contributed by atoms with Crippen molar-refractivity contribution in [2.24, 2.45) is 5.92 Å². The van der Waals surface area contributed by atoms with Gasteiger partial charge in [0, 0.05) is 0 Å². The Labute approximate surface area is 59.7 Å². The fraction of sp³-hybridized carbons (Fsp3) is 0.571. The van der Waals surface area contributed by atoms with E-state index in [0.717, 1.165) is 12.8 Å². The molecule has 1 fully saturated rings. The summed E-state index contributed by atoms with van der Waals surface area (Å²) in [6.45, 7) is 3.55. The molecule has 0 aromatic carbocycles. The lowest BCUT2D eigenvalue weighted by molar-refractivity contribution is 0.191. The zero-order chi connectivity index (χ0) is 7.56. The molecular formula is C7H11NO2. The van der Waals surface area contributed by atoms with Gasteiger partial charge in [-0.2, -0.15) is 0 Å². The lowest BCUT2D eigenvalue weighted by Gasteiger charge is -2.09. The van der Waals surface area contributed by atoms with Crippen LogP contribution in [0.4, 0.5) is 4.79 Å². The Morgan fingerprint density at radius 2 is 2.40 bits per heavy atom. The lowest BCUT2D eigenvalue weighted by Crippen LogP contribution is -2.33. The molecule has 0 spiro atoms. The summed E-state index contributed by atoms with van der Waals surface area (Å²) in [7, 11) is 0. The zero-order valence-corrected chi connectivity index (χ0v) is 5.71. The van der Waals surface area contributed by atoms with Gasteiger partial charge in [0.05, 0.1) is 6.04 Å².